The predicted octanol–water partition coefficient (Wildman–Crippen LogP) is 4.59. The molecule has 1 atom stereocenters. The van der Waals surface area contributed by atoms with E-state index < -0.39 is 5.60 Å². The molecule has 3 aliphatic rings. The van der Waals surface area contributed by atoms with Crippen molar-refractivity contribution in [3.05, 3.63) is 76.8 Å². The number of hydrogen-bond donors (Lipinski definition) is 2. The van der Waals surface area contributed by atoms with Crippen molar-refractivity contribution in [2.75, 3.05) is 25.0 Å². The summed E-state index contributed by atoms with van der Waals surface area (Å²) in [7, 11) is 0. The molecule has 0 bridgehead atoms. The Bertz CT molecular complexity index is 1150. The van der Waals surface area contributed by atoms with Crippen molar-refractivity contribution in [3.8, 4) is 0 Å². The van der Waals surface area contributed by atoms with Crippen molar-refractivity contribution in [2.24, 2.45) is 5.92 Å². The fourth-order valence-electron chi connectivity index (χ4n) is 5.09. The Hall–Kier alpha value is -2.96. The standard InChI is InChI=1S/C27H29FN2O3/c1-27(2)22(13-24(33-27)25-21-12-20(28)9-10-23(21)29-26(25)32)19-7-5-17(6-8-19)14-30-11-3-4-18(15-30)16-31/h5-10,12-13,18,31H,3-4,11,14-16H2,1-2H3,(H,29,32). The average molecular weight is 449 g/mol. The van der Waals surface area contributed by atoms with Crippen LogP contribution in [0.1, 0.15) is 43.4 Å². The maximum absolute atomic E-state index is 13.9. The first-order valence-corrected chi connectivity index (χ1v) is 11.5. The molecule has 3 heterocycles. The molecule has 33 heavy (non-hydrogen) atoms. The number of rotatable bonds is 4. The van der Waals surface area contributed by atoms with Crippen LogP contribution < -0.4 is 5.32 Å². The molecule has 3 aliphatic heterocycles. The maximum Gasteiger partial charge on any atom is 0.260 e. The Morgan fingerprint density at radius 3 is 2.76 bits per heavy atom. The third kappa shape index (κ3) is 4.21. The van der Waals surface area contributed by atoms with E-state index in [1.165, 1.54) is 17.7 Å². The Morgan fingerprint density at radius 2 is 2.00 bits per heavy atom. The lowest BCUT2D eigenvalue weighted by atomic mass is 9.91. The Labute approximate surface area is 193 Å². The van der Waals surface area contributed by atoms with E-state index >= 15 is 0 Å². The van der Waals surface area contributed by atoms with E-state index in [1.807, 2.05) is 19.9 Å². The van der Waals surface area contributed by atoms with Gasteiger partial charge in [-0.25, -0.2) is 4.39 Å². The van der Waals surface area contributed by atoms with Crippen LogP contribution in [0.3, 0.4) is 0 Å². The lowest BCUT2D eigenvalue weighted by Crippen LogP contribution is -2.36. The highest BCUT2D eigenvalue weighted by molar-refractivity contribution is 6.32. The van der Waals surface area contributed by atoms with Crippen molar-refractivity contribution >= 4 is 22.7 Å². The molecule has 0 aliphatic carbocycles. The summed E-state index contributed by atoms with van der Waals surface area (Å²) in [5, 5.41) is 12.3. The zero-order valence-electron chi connectivity index (χ0n) is 19.0. The largest absolute Gasteiger partial charge is 0.482 e. The van der Waals surface area contributed by atoms with Crippen LogP contribution in [0, 0.1) is 11.7 Å². The molecular weight excluding hydrogens is 419 g/mol. The minimum atomic E-state index is -0.624. The number of piperidine rings is 1. The number of ether oxygens (including phenoxy) is 1. The molecular formula is C27H29FN2O3. The van der Waals surface area contributed by atoms with Crippen molar-refractivity contribution < 1.29 is 19.0 Å². The summed E-state index contributed by atoms with van der Waals surface area (Å²) in [6, 6.07) is 12.7. The minimum Gasteiger partial charge on any atom is -0.482 e. The highest BCUT2D eigenvalue weighted by Crippen LogP contribution is 2.44. The van der Waals surface area contributed by atoms with E-state index in [-0.39, 0.29) is 18.3 Å². The summed E-state index contributed by atoms with van der Waals surface area (Å²) in [6.07, 6.45) is 4.13. The lowest BCUT2D eigenvalue weighted by molar-refractivity contribution is -0.111. The fraction of sp³-hybridized carbons (Fsp3) is 0.370. The van der Waals surface area contributed by atoms with Gasteiger partial charge in [0.15, 0.2) is 0 Å². The number of hydrogen-bond acceptors (Lipinski definition) is 4. The molecule has 172 valence electrons. The van der Waals surface area contributed by atoms with Gasteiger partial charge in [-0.15, -0.1) is 0 Å². The number of halogens is 1. The van der Waals surface area contributed by atoms with Crippen molar-refractivity contribution in [2.45, 2.75) is 38.8 Å². The van der Waals surface area contributed by atoms with Crippen LogP contribution in [0.4, 0.5) is 10.1 Å². The first-order valence-electron chi connectivity index (χ1n) is 11.5. The molecule has 1 saturated heterocycles. The maximum atomic E-state index is 13.9. The van der Waals surface area contributed by atoms with Crippen molar-refractivity contribution in [1.29, 1.82) is 0 Å². The van der Waals surface area contributed by atoms with Crippen molar-refractivity contribution in [3.63, 3.8) is 0 Å². The molecule has 0 spiro atoms. The van der Waals surface area contributed by atoms with E-state index in [0.717, 1.165) is 43.6 Å². The van der Waals surface area contributed by atoms with Gasteiger partial charge in [-0.1, -0.05) is 24.3 Å². The van der Waals surface area contributed by atoms with Crippen LogP contribution in [0.15, 0.2) is 54.3 Å². The number of aliphatic hydroxyl groups excluding tert-OH is 1. The lowest BCUT2D eigenvalue weighted by Gasteiger charge is -2.31. The molecule has 2 aromatic carbocycles. The Kier molecular flexibility index (Phi) is 5.59. The van der Waals surface area contributed by atoms with Gasteiger partial charge < -0.3 is 15.2 Å². The Balaban J connectivity index is 1.41. The average Bonchev–Trinajstić information content (AvgIpc) is 3.28. The molecule has 1 unspecified atom stereocenters. The van der Waals surface area contributed by atoms with Gasteiger partial charge in [-0.05, 0) is 74.6 Å². The highest BCUT2D eigenvalue weighted by Gasteiger charge is 2.38. The monoisotopic (exact) mass is 448 g/mol. The summed E-state index contributed by atoms with van der Waals surface area (Å²) in [6.45, 7) is 7.07. The van der Waals surface area contributed by atoms with Crippen LogP contribution in [0.5, 0.6) is 0 Å². The fourth-order valence-corrected chi connectivity index (χ4v) is 5.09. The SMILES string of the molecule is CC1(C)OC(=C2C(=O)Nc3ccc(F)cc32)C=C1c1ccc(CN2CCCC(CO)C2)cc1. The number of amides is 1. The molecule has 0 aromatic heterocycles. The van der Waals surface area contributed by atoms with Gasteiger partial charge in [0.2, 0.25) is 0 Å². The molecule has 5 rings (SSSR count). The van der Waals surface area contributed by atoms with Crippen LogP contribution >= 0.6 is 0 Å². The number of allylic oxidation sites excluding steroid dienone is 1. The molecule has 1 fully saturated rings. The topological polar surface area (TPSA) is 61.8 Å². The van der Waals surface area contributed by atoms with Gasteiger partial charge in [0.1, 0.15) is 17.2 Å². The van der Waals surface area contributed by atoms with Crippen LogP contribution in [-0.2, 0) is 16.1 Å². The molecule has 0 radical (unpaired) electrons. The van der Waals surface area contributed by atoms with Gasteiger partial charge in [0.05, 0.1) is 5.57 Å². The van der Waals surface area contributed by atoms with E-state index in [9.17, 15) is 14.3 Å². The van der Waals surface area contributed by atoms with Gasteiger partial charge in [-0.3, -0.25) is 9.69 Å². The van der Waals surface area contributed by atoms with Gasteiger partial charge in [-0.2, -0.15) is 0 Å². The smallest absolute Gasteiger partial charge is 0.260 e. The number of carbonyl (C=O) groups excluding carboxylic acids is 1. The zero-order chi connectivity index (χ0) is 23.2. The summed E-state index contributed by atoms with van der Waals surface area (Å²) in [5.41, 5.74) is 4.11. The minimum absolute atomic E-state index is 0.256. The number of nitrogens with one attached hydrogen (secondary N) is 1. The van der Waals surface area contributed by atoms with E-state index in [0.29, 0.717) is 28.5 Å². The van der Waals surface area contributed by atoms with Gasteiger partial charge in [0.25, 0.3) is 5.91 Å². The van der Waals surface area contributed by atoms with Gasteiger partial charge >= 0.3 is 0 Å². The second-order valence-electron chi connectivity index (χ2n) is 9.68. The number of benzene rings is 2. The highest BCUT2D eigenvalue weighted by atomic mass is 19.1. The normalized spacial score (nSPS) is 24.3. The van der Waals surface area contributed by atoms with Crippen molar-refractivity contribution in [1.82, 2.24) is 4.90 Å². The molecule has 6 heteroatoms. The summed E-state index contributed by atoms with van der Waals surface area (Å²) >= 11 is 0. The quantitative estimate of drug-likeness (QED) is 0.672. The second kappa shape index (κ2) is 8.43. The van der Waals surface area contributed by atoms with E-state index in [2.05, 4.69) is 34.5 Å². The number of nitrogens with zero attached hydrogens (tertiary/aromatic N) is 1. The molecule has 5 nitrogen and oxygen atoms in total. The molecule has 2 aromatic rings. The predicted molar refractivity (Wildman–Crippen MR) is 127 cm³/mol. The molecule has 0 saturated carbocycles. The number of aliphatic hydroxyl groups is 1. The van der Waals surface area contributed by atoms with E-state index in [1.54, 1.807) is 6.07 Å². The van der Waals surface area contributed by atoms with Crippen LogP contribution in [0.2, 0.25) is 0 Å². The van der Waals surface area contributed by atoms with Crippen LogP contribution in [-0.4, -0.2) is 41.2 Å². The Morgan fingerprint density at radius 1 is 1.21 bits per heavy atom. The number of fused-ring (bicyclic) bond motifs is 1. The summed E-state index contributed by atoms with van der Waals surface area (Å²) < 4.78 is 20.1. The number of carbonyl (C=O) groups is 1. The zero-order valence-corrected chi connectivity index (χ0v) is 19.0. The first kappa shape index (κ1) is 21.9. The van der Waals surface area contributed by atoms with Gasteiger partial charge in [0, 0.05) is 36.5 Å². The third-order valence-corrected chi connectivity index (χ3v) is 6.79. The molecule has 2 N–H and O–H groups in total. The summed E-state index contributed by atoms with van der Waals surface area (Å²) in [4.78, 5) is 15.0. The summed E-state index contributed by atoms with van der Waals surface area (Å²) in [5.74, 6) is 0.165. The third-order valence-electron chi connectivity index (χ3n) is 6.79. The first-order chi connectivity index (χ1) is 15.8. The molecule has 1 amide bonds. The number of anilines is 1. The van der Waals surface area contributed by atoms with E-state index in [4.69, 9.17) is 4.74 Å². The second-order valence-corrected chi connectivity index (χ2v) is 9.68. The number of likely N-dealkylation sites (tertiary alicyclic amines) is 1. The van der Waals surface area contributed by atoms with Crippen LogP contribution in [0.25, 0.3) is 11.1 Å².